The molecule has 1 aliphatic heterocycles. The van der Waals surface area contributed by atoms with Gasteiger partial charge < -0.3 is 24.4 Å². The minimum atomic E-state index is -0.143. The van der Waals surface area contributed by atoms with Crippen LogP contribution in [0.3, 0.4) is 0 Å². The van der Waals surface area contributed by atoms with E-state index in [1.807, 2.05) is 44.7 Å². The summed E-state index contributed by atoms with van der Waals surface area (Å²) in [6, 6.07) is 7.30. The van der Waals surface area contributed by atoms with Crippen LogP contribution in [0.2, 0.25) is 0 Å². The summed E-state index contributed by atoms with van der Waals surface area (Å²) in [4.78, 5) is 32.5. The molecule has 1 N–H and O–H groups in total. The second kappa shape index (κ2) is 12.1. The SMILES string of the molecule is COCCOc1cc(C(=O)N(C(C)C)[C@@H]2CCCNC2)nc2c(OCC(=O)C(C)C)cccc12. The van der Waals surface area contributed by atoms with Gasteiger partial charge in [0.15, 0.2) is 5.78 Å². The molecule has 1 aliphatic rings. The van der Waals surface area contributed by atoms with Crippen molar-refractivity contribution in [2.24, 2.45) is 5.92 Å². The molecule has 2 heterocycles. The zero-order chi connectivity index (χ0) is 24.7. The lowest BCUT2D eigenvalue weighted by atomic mass is 10.0. The molecule has 186 valence electrons. The molecular weight excluding hydrogens is 434 g/mol. The number of ether oxygens (including phenoxy) is 3. The van der Waals surface area contributed by atoms with Crippen LogP contribution in [0.1, 0.15) is 51.0 Å². The lowest BCUT2D eigenvalue weighted by molar-refractivity contribution is -0.123. The number of hydrogen-bond donors (Lipinski definition) is 1. The van der Waals surface area contributed by atoms with Gasteiger partial charge in [0, 0.05) is 43.1 Å². The molecule has 1 aromatic heterocycles. The molecule has 0 spiro atoms. The first-order valence-electron chi connectivity index (χ1n) is 12.1. The van der Waals surface area contributed by atoms with Crippen molar-refractivity contribution in [1.82, 2.24) is 15.2 Å². The lowest BCUT2D eigenvalue weighted by Crippen LogP contribution is -2.51. The molecule has 0 radical (unpaired) electrons. The van der Waals surface area contributed by atoms with E-state index < -0.39 is 0 Å². The normalized spacial score (nSPS) is 16.1. The highest BCUT2D eigenvalue weighted by molar-refractivity contribution is 5.99. The Balaban J connectivity index is 2.02. The third-order valence-corrected chi connectivity index (χ3v) is 6.00. The van der Waals surface area contributed by atoms with Gasteiger partial charge in [-0.15, -0.1) is 0 Å². The highest BCUT2D eigenvalue weighted by atomic mass is 16.5. The number of fused-ring (bicyclic) bond motifs is 1. The Labute approximate surface area is 202 Å². The first-order chi connectivity index (χ1) is 16.3. The predicted octanol–water partition coefficient (Wildman–Crippen LogP) is 3.47. The minimum Gasteiger partial charge on any atom is -0.490 e. The van der Waals surface area contributed by atoms with E-state index in [1.165, 1.54) is 0 Å². The van der Waals surface area contributed by atoms with Gasteiger partial charge in [-0.1, -0.05) is 19.9 Å². The van der Waals surface area contributed by atoms with E-state index in [-0.39, 0.29) is 36.3 Å². The van der Waals surface area contributed by atoms with Crippen LogP contribution in [0.4, 0.5) is 0 Å². The van der Waals surface area contributed by atoms with Crippen LogP contribution in [-0.4, -0.2) is 73.7 Å². The fourth-order valence-electron chi connectivity index (χ4n) is 4.11. The smallest absolute Gasteiger partial charge is 0.273 e. The van der Waals surface area contributed by atoms with E-state index >= 15 is 0 Å². The third kappa shape index (κ3) is 6.24. The standard InChI is InChI=1S/C26H37N3O5/c1-17(2)22(30)16-34-23-10-6-9-20-24(33-13-12-32-5)14-21(28-25(20)23)26(31)29(18(3)4)19-8-7-11-27-15-19/h6,9-10,14,17-19,27H,7-8,11-13,15-16H2,1-5H3/t19-/m1/s1. The number of rotatable bonds is 11. The van der Waals surface area contributed by atoms with Crippen molar-refractivity contribution in [3.05, 3.63) is 30.0 Å². The van der Waals surface area contributed by atoms with Crippen LogP contribution in [0.25, 0.3) is 10.9 Å². The van der Waals surface area contributed by atoms with Gasteiger partial charge in [0.05, 0.1) is 6.61 Å². The Morgan fingerprint density at radius 2 is 1.94 bits per heavy atom. The number of piperidine rings is 1. The van der Waals surface area contributed by atoms with E-state index in [1.54, 1.807) is 19.2 Å². The van der Waals surface area contributed by atoms with Crippen molar-refractivity contribution in [3.63, 3.8) is 0 Å². The van der Waals surface area contributed by atoms with E-state index in [9.17, 15) is 9.59 Å². The molecule has 1 atom stereocenters. The fraction of sp³-hybridized carbons (Fsp3) is 0.577. The van der Waals surface area contributed by atoms with Gasteiger partial charge in [0.1, 0.15) is 35.9 Å². The number of ketones is 1. The van der Waals surface area contributed by atoms with E-state index in [0.29, 0.717) is 35.9 Å². The summed E-state index contributed by atoms with van der Waals surface area (Å²) in [5.74, 6) is 0.716. The Hall–Kier alpha value is -2.71. The number of nitrogens with one attached hydrogen (secondary N) is 1. The van der Waals surface area contributed by atoms with Crippen molar-refractivity contribution in [2.75, 3.05) is 40.0 Å². The summed E-state index contributed by atoms with van der Waals surface area (Å²) in [6.07, 6.45) is 1.98. The number of Topliss-reactive ketones (excluding diaryl/α,β-unsaturated/α-hetero) is 1. The number of aromatic nitrogens is 1. The first kappa shape index (κ1) is 25.9. The highest BCUT2D eigenvalue weighted by Crippen LogP contribution is 2.33. The van der Waals surface area contributed by atoms with Gasteiger partial charge in [-0.05, 0) is 45.4 Å². The number of carbonyl (C=O) groups excluding carboxylic acids is 2. The monoisotopic (exact) mass is 471 g/mol. The molecule has 0 unspecified atom stereocenters. The van der Waals surface area contributed by atoms with Crippen molar-refractivity contribution in [2.45, 2.75) is 52.6 Å². The topological polar surface area (TPSA) is 90.0 Å². The maximum Gasteiger partial charge on any atom is 0.273 e. The summed E-state index contributed by atoms with van der Waals surface area (Å²) in [7, 11) is 1.61. The van der Waals surface area contributed by atoms with Gasteiger partial charge in [-0.3, -0.25) is 9.59 Å². The van der Waals surface area contributed by atoms with E-state index in [2.05, 4.69) is 5.32 Å². The number of pyridine rings is 1. The largest absolute Gasteiger partial charge is 0.490 e. The number of benzene rings is 1. The van der Waals surface area contributed by atoms with Crippen LogP contribution >= 0.6 is 0 Å². The van der Waals surface area contributed by atoms with Crippen molar-refractivity contribution < 1.29 is 23.8 Å². The second-order valence-electron chi connectivity index (χ2n) is 9.22. The van der Waals surface area contributed by atoms with Crippen molar-refractivity contribution in [1.29, 1.82) is 0 Å². The minimum absolute atomic E-state index is 0.00316. The predicted molar refractivity (Wildman–Crippen MR) is 132 cm³/mol. The zero-order valence-corrected chi connectivity index (χ0v) is 20.9. The van der Waals surface area contributed by atoms with Gasteiger partial charge in [-0.2, -0.15) is 0 Å². The molecule has 1 saturated heterocycles. The summed E-state index contributed by atoms with van der Waals surface area (Å²) in [5, 5.41) is 4.11. The zero-order valence-electron chi connectivity index (χ0n) is 20.9. The average Bonchev–Trinajstić information content (AvgIpc) is 2.82. The Bertz CT molecular complexity index is 986. The maximum atomic E-state index is 13.7. The quantitative estimate of drug-likeness (QED) is 0.502. The van der Waals surface area contributed by atoms with E-state index in [4.69, 9.17) is 19.2 Å². The number of carbonyl (C=O) groups is 2. The van der Waals surface area contributed by atoms with Crippen LogP contribution in [0.15, 0.2) is 24.3 Å². The Morgan fingerprint density at radius 1 is 1.15 bits per heavy atom. The van der Waals surface area contributed by atoms with Crippen LogP contribution in [0, 0.1) is 5.92 Å². The number of hydrogen-bond acceptors (Lipinski definition) is 7. The van der Waals surface area contributed by atoms with Gasteiger partial charge in [0.25, 0.3) is 5.91 Å². The molecule has 0 bridgehead atoms. The van der Waals surface area contributed by atoms with Crippen LogP contribution < -0.4 is 14.8 Å². The molecule has 1 fully saturated rings. The van der Waals surface area contributed by atoms with Crippen molar-refractivity contribution >= 4 is 22.6 Å². The molecule has 2 aromatic rings. The third-order valence-electron chi connectivity index (χ3n) is 6.00. The molecule has 3 rings (SSSR count). The number of methoxy groups -OCH3 is 1. The number of para-hydroxylation sites is 1. The first-order valence-corrected chi connectivity index (χ1v) is 12.1. The molecule has 8 heteroatoms. The van der Waals surface area contributed by atoms with Crippen molar-refractivity contribution in [3.8, 4) is 11.5 Å². The van der Waals surface area contributed by atoms with Gasteiger partial charge in [-0.25, -0.2) is 4.98 Å². The van der Waals surface area contributed by atoms with Crippen LogP contribution in [0.5, 0.6) is 11.5 Å². The number of amides is 1. The van der Waals surface area contributed by atoms with E-state index in [0.717, 1.165) is 31.3 Å². The van der Waals surface area contributed by atoms with Gasteiger partial charge >= 0.3 is 0 Å². The Kier molecular flexibility index (Phi) is 9.24. The summed E-state index contributed by atoms with van der Waals surface area (Å²) in [6.45, 7) is 10.2. The molecule has 1 aromatic carbocycles. The summed E-state index contributed by atoms with van der Waals surface area (Å²) < 4.78 is 17.0. The van der Waals surface area contributed by atoms with Crippen LogP contribution in [-0.2, 0) is 9.53 Å². The molecular formula is C26H37N3O5. The summed E-state index contributed by atoms with van der Waals surface area (Å²) >= 11 is 0. The second-order valence-corrected chi connectivity index (χ2v) is 9.22. The highest BCUT2D eigenvalue weighted by Gasteiger charge is 2.30. The maximum absolute atomic E-state index is 13.7. The molecule has 0 saturated carbocycles. The molecule has 1 amide bonds. The molecule has 34 heavy (non-hydrogen) atoms. The fourth-order valence-corrected chi connectivity index (χ4v) is 4.11. The lowest BCUT2D eigenvalue weighted by Gasteiger charge is -2.37. The average molecular weight is 472 g/mol. The number of nitrogens with zero attached hydrogens (tertiary/aromatic N) is 2. The molecule has 8 nitrogen and oxygen atoms in total. The molecule has 0 aliphatic carbocycles. The van der Waals surface area contributed by atoms with Gasteiger partial charge in [0.2, 0.25) is 0 Å². The summed E-state index contributed by atoms with van der Waals surface area (Å²) in [5.41, 5.74) is 0.799. The Morgan fingerprint density at radius 3 is 2.59 bits per heavy atom.